The molecule has 0 aromatic heterocycles. The van der Waals surface area contributed by atoms with E-state index in [4.69, 9.17) is 25.8 Å². The third-order valence-electron chi connectivity index (χ3n) is 10.3. The predicted molar refractivity (Wildman–Crippen MR) is 184 cm³/mol. The minimum Gasteiger partial charge on any atom is -0.490 e. The van der Waals surface area contributed by atoms with Crippen LogP contribution in [0.25, 0.3) is 0 Å². The number of amides is 2. The van der Waals surface area contributed by atoms with Crippen molar-refractivity contribution in [1.82, 2.24) is 9.62 Å². The van der Waals surface area contributed by atoms with Gasteiger partial charge in [-0.15, -0.1) is 0 Å². The molecule has 48 heavy (non-hydrogen) atoms. The van der Waals surface area contributed by atoms with Crippen LogP contribution >= 0.6 is 11.6 Å². The van der Waals surface area contributed by atoms with Crippen molar-refractivity contribution in [3.8, 4) is 5.75 Å². The standard InChI is InChI=1S/C36H46ClN3O7S/c1-23-33(41)38-48(43,44)27-12-15-32-30(19-27)39(21-36(22-46-32)16-6-8-24-18-26(37)11-14-29(24)36)20-25-10-13-28(25)31(45-5)9-7-17-40(23)34(42)47-35(2,3)4/h7,9,11-12,14-15,18-19,23,25,28,31H,6,8,10,13,16-17,20-22H2,1-5H3,(H,38,41)/b9-7-/t23-,25-,28+,31+,36-/m0/s1. The van der Waals surface area contributed by atoms with Gasteiger partial charge >= 0.3 is 6.09 Å². The summed E-state index contributed by atoms with van der Waals surface area (Å²) in [5.41, 5.74) is 2.00. The minimum atomic E-state index is -4.31. The molecule has 1 saturated carbocycles. The Balaban J connectivity index is 1.41. The van der Waals surface area contributed by atoms with E-state index >= 15 is 0 Å². The number of sulfonamides is 1. The summed E-state index contributed by atoms with van der Waals surface area (Å²) >= 11 is 6.42. The van der Waals surface area contributed by atoms with Crippen molar-refractivity contribution in [3.63, 3.8) is 0 Å². The van der Waals surface area contributed by atoms with E-state index in [-0.39, 0.29) is 34.8 Å². The first-order valence-corrected chi connectivity index (χ1v) is 18.6. The van der Waals surface area contributed by atoms with Gasteiger partial charge in [0.25, 0.3) is 15.9 Å². The number of carbonyl (C=O) groups is 2. The van der Waals surface area contributed by atoms with Crippen LogP contribution in [0.3, 0.4) is 0 Å². The number of methoxy groups -OCH3 is 1. The Hall–Kier alpha value is -3.28. The minimum absolute atomic E-state index is 0.0368. The Morgan fingerprint density at radius 2 is 1.94 bits per heavy atom. The van der Waals surface area contributed by atoms with Gasteiger partial charge in [0.2, 0.25) is 0 Å². The fraction of sp³-hybridized carbons (Fsp3) is 0.556. The van der Waals surface area contributed by atoms with E-state index in [0.717, 1.165) is 32.1 Å². The predicted octanol–water partition coefficient (Wildman–Crippen LogP) is 5.85. The van der Waals surface area contributed by atoms with Crippen molar-refractivity contribution in [2.75, 3.05) is 38.3 Å². The summed E-state index contributed by atoms with van der Waals surface area (Å²) in [7, 11) is -2.62. The molecule has 12 heteroatoms. The average molecular weight is 700 g/mol. The normalized spacial score (nSPS) is 29.3. The van der Waals surface area contributed by atoms with E-state index in [1.165, 1.54) is 29.0 Å². The first kappa shape index (κ1) is 34.6. The number of anilines is 1. The highest BCUT2D eigenvalue weighted by Gasteiger charge is 2.45. The number of ether oxygens (including phenoxy) is 3. The summed E-state index contributed by atoms with van der Waals surface area (Å²) in [6, 6.07) is 9.73. The molecule has 2 aliphatic carbocycles. The molecule has 2 aromatic carbocycles. The topological polar surface area (TPSA) is 114 Å². The summed E-state index contributed by atoms with van der Waals surface area (Å²) in [4.78, 5) is 30.2. The van der Waals surface area contributed by atoms with Crippen LogP contribution in [-0.2, 0) is 36.1 Å². The van der Waals surface area contributed by atoms with Gasteiger partial charge in [-0.05, 0) is 113 Å². The second kappa shape index (κ2) is 13.2. The van der Waals surface area contributed by atoms with Crippen LogP contribution in [0.15, 0.2) is 53.4 Å². The van der Waals surface area contributed by atoms with Gasteiger partial charge in [0.15, 0.2) is 0 Å². The molecule has 2 amide bonds. The molecule has 2 aliphatic heterocycles. The molecule has 2 heterocycles. The first-order valence-electron chi connectivity index (χ1n) is 16.8. The van der Waals surface area contributed by atoms with Gasteiger partial charge in [0.05, 0.1) is 23.3 Å². The Bertz CT molecular complexity index is 1710. The van der Waals surface area contributed by atoms with Crippen molar-refractivity contribution in [2.45, 2.75) is 87.9 Å². The van der Waals surface area contributed by atoms with Crippen LogP contribution in [0.5, 0.6) is 5.75 Å². The summed E-state index contributed by atoms with van der Waals surface area (Å²) in [6.45, 7) is 8.50. The van der Waals surface area contributed by atoms with Crippen LogP contribution in [0, 0.1) is 11.8 Å². The SMILES string of the molecule is CO[C@@H]1/C=C\CN(C(=O)OC(C)(C)C)[C@@H](C)C(=O)NS(=O)(=O)c2ccc3c(c2)N(C[C@@H]2CC[C@H]21)C[C@@]1(CCCc2cc(Cl)ccc21)CO3. The molecule has 1 spiro atoms. The van der Waals surface area contributed by atoms with Gasteiger partial charge in [0.1, 0.15) is 17.4 Å². The fourth-order valence-corrected chi connectivity index (χ4v) is 8.89. The number of hydrogen-bond donors (Lipinski definition) is 1. The van der Waals surface area contributed by atoms with Gasteiger partial charge in [-0.2, -0.15) is 0 Å². The number of fused-ring (bicyclic) bond motifs is 4. The molecule has 0 saturated heterocycles. The second-order valence-corrected chi connectivity index (χ2v) is 16.8. The molecule has 10 nitrogen and oxygen atoms in total. The highest BCUT2D eigenvalue weighted by Crippen LogP contribution is 2.47. The monoisotopic (exact) mass is 699 g/mol. The largest absolute Gasteiger partial charge is 0.490 e. The molecule has 2 bridgehead atoms. The molecule has 5 atom stereocenters. The number of nitrogens with one attached hydrogen (secondary N) is 1. The fourth-order valence-electron chi connectivity index (χ4n) is 7.63. The molecule has 260 valence electrons. The summed E-state index contributed by atoms with van der Waals surface area (Å²) in [5.74, 6) is 0.235. The van der Waals surface area contributed by atoms with E-state index in [1.807, 2.05) is 12.1 Å². The molecule has 4 aliphatic rings. The zero-order valence-corrected chi connectivity index (χ0v) is 29.9. The quantitative estimate of drug-likeness (QED) is 0.369. The zero-order chi connectivity index (χ0) is 34.4. The van der Waals surface area contributed by atoms with Gasteiger partial charge in [-0.3, -0.25) is 9.69 Å². The van der Waals surface area contributed by atoms with Crippen LogP contribution in [0.4, 0.5) is 10.5 Å². The number of carbonyl (C=O) groups excluding carboxylic acids is 2. The Morgan fingerprint density at radius 3 is 2.65 bits per heavy atom. The maximum atomic E-state index is 13.8. The van der Waals surface area contributed by atoms with E-state index in [1.54, 1.807) is 46.1 Å². The third kappa shape index (κ3) is 6.91. The molecule has 0 radical (unpaired) electrons. The lowest BCUT2D eigenvalue weighted by atomic mass is 9.68. The second-order valence-electron chi connectivity index (χ2n) is 14.6. The summed E-state index contributed by atoms with van der Waals surface area (Å²) < 4.78 is 47.9. The molecule has 1 fully saturated rings. The number of rotatable bonds is 1. The highest BCUT2D eigenvalue weighted by molar-refractivity contribution is 7.90. The summed E-state index contributed by atoms with van der Waals surface area (Å²) in [5, 5.41) is 0.713. The number of benzene rings is 2. The Kier molecular flexibility index (Phi) is 9.52. The number of aryl methyl sites for hydroxylation is 1. The van der Waals surface area contributed by atoms with Gasteiger partial charge in [-0.1, -0.05) is 29.8 Å². The van der Waals surface area contributed by atoms with Crippen LogP contribution < -0.4 is 14.4 Å². The van der Waals surface area contributed by atoms with Gasteiger partial charge in [-0.25, -0.2) is 17.9 Å². The zero-order valence-electron chi connectivity index (χ0n) is 28.3. The Morgan fingerprint density at radius 1 is 1.15 bits per heavy atom. The van der Waals surface area contributed by atoms with Crippen LogP contribution in [0.1, 0.15) is 64.5 Å². The first-order chi connectivity index (χ1) is 22.7. The molecule has 2 aromatic rings. The number of halogens is 1. The number of nitrogens with zero attached hydrogens (tertiary/aromatic N) is 2. The maximum absolute atomic E-state index is 13.8. The smallest absolute Gasteiger partial charge is 0.411 e. The molecule has 1 N–H and O–H groups in total. The van der Waals surface area contributed by atoms with Crippen molar-refractivity contribution in [3.05, 3.63) is 64.7 Å². The maximum Gasteiger partial charge on any atom is 0.411 e. The summed E-state index contributed by atoms with van der Waals surface area (Å²) in [6.07, 6.45) is 7.66. The van der Waals surface area contributed by atoms with Gasteiger partial charge in [0, 0.05) is 37.2 Å². The van der Waals surface area contributed by atoms with E-state index < -0.39 is 33.7 Å². The van der Waals surface area contributed by atoms with Crippen molar-refractivity contribution in [2.24, 2.45) is 11.8 Å². The van der Waals surface area contributed by atoms with Crippen LogP contribution in [-0.4, -0.2) is 76.4 Å². The van der Waals surface area contributed by atoms with Crippen molar-refractivity contribution < 1.29 is 32.2 Å². The lowest BCUT2D eigenvalue weighted by Crippen LogP contribution is -2.51. The molecule has 6 rings (SSSR count). The lowest BCUT2D eigenvalue weighted by molar-refractivity contribution is -0.123. The lowest BCUT2D eigenvalue weighted by Gasteiger charge is -2.46. The Labute approximate surface area is 288 Å². The average Bonchev–Trinajstić information content (AvgIpc) is 3.15. The molecule has 0 unspecified atom stereocenters. The third-order valence-corrected chi connectivity index (χ3v) is 11.9. The molecular weight excluding hydrogens is 654 g/mol. The van der Waals surface area contributed by atoms with Crippen LogP contribution in [0.2, 0.25) is 5.02 Å². The van der Waals surface area contributed by atoms with E-state index in [9.17, 15) is 18.0 Å². The van der Waals surface area contributed by atoms with E-state index in [2.05, 4.69) is 21.8 Å². The van der Waals surface area contributed by atoms with Gasteiger partial charge < -0.3 is 19.1 Å². The molecular formula is C36H46ClN3O7S. The highest BCUT2D eigenvalue weighted by atomic mass is 35.5. The van der Waals surface area contributed by atoms with Crippen molar-refractivity contribution in [1.29, 1.82) is 0 Å². The van der Waals surface area contributed by atoms with Crippen molar-refractivity contribution >= 4 is 39.3 Å². The number of hydrogen-bond acceptors (Lipinski definition) is 8. The van der Waals surface area contributed by atoms with E-state index in [0.29, 0.717) is 36.2 Å².